The van der Waals surface area contributed by atoms with Gasteiger partial charge in [0.25, 0.3) is 0 Å². The molecule has 0 spiro atoms. The lowest BCUT2D eigenvalue weighted by Crippen LogP contribution is -2.07. The van der Waals surface area contributed by atoms with Crippen LogP contribution in [-0.2, 0) is 0 Å². The first-order valence-corrected chi connectivity index (χ1v) is 3.28. The molecule has 0 rings (SSSR count). The van der Waals surface area contributed by atoms with Crippen molar-refractivity contribution < 1.29 is 5.21 Å². The fourth-order valence-electron chi connectivity index (χ4n) is 0.256. The lowest BCUT2D eigenvalue weighted by atomic mass is 10.3. The van der Waals surface area contributed by atoms with E-state index in [0.29, 0.717) is 0 Å². The summed E-state index contributed by atoms with van der Waals surface area (Å²) in [6.07, 6.45) is 2.18. The van der Waals surface area contributed by atoms with Crippen LogP contribution in [0.25, 0.3) is 0 Å². The SMILES string of the molecule is CC.CCCCNO. The second-order valence-electron chi connectivity index (χ2n) is 1.26. The third-order valence-electron chi connectivity index (χ3n) is 0.642. The van der Waals surface area contributed by atoms with Gasteiger partial charge in [0, 0.05) is 6.54 Å². The molecule has 52 valence electrons. The number of nitrogens with one attached hydrogen (secondary N) is 1. The second kappa shape index (κ2) is 15.8. The molecular formula is C6H17NO. The van der Waals surface area contributed by atoms with Gasteiger partial charge in [-0.3, -0.25) is 0 Å². The Bertz CT molecular complexity index is 20.5. The molecule has 0 aliphatic heterocycles. The molecule has 2 N–H and O–H groups in total. The third-order valence-corrected chi connectivity index (χ3v) is 0.642. The molecule has 0 saturated carbocycles. The van der Waals surface area contributed by atoms with E-state index in [-0.39, 0.29) is 0 Å². The first kappa shape index (κ1) is 10.8. The van der Waals surface area contributed by atoms with Gasteiger partial charge in [0.2, 0.25) is 0 Å². The monoisotopic (exact) mass is 119 g/mol. The van der Waals surface area contributed by atoms with E-state index in [0.717, 1.165) is 19.4 Å². The van der Waals surface area contributed by atoms with Crippen molar-refractivity contribution in [3.8, 4) is 0 Å². The van der Waals surface area contributed by atoms with Crippen LogP contribution in [0.3, 0.4) is 0 Å². The van der Waals surface area contributed by atoms with Crippen molar-refractivity contribution in [2.24, 2.45) is 0 Å². The quantitative estimate of drug-likeness (QED) is 0.438. The van der Waals surface area contributed by atoms with Crippen LogP contribution in [0, 0.1) is 0 Å². The van der Waals surface area contributed by atoms with Gasteiger partial charge < -0.3 is 5.21 Å². The molecule has 0 aliphatic rings. The summed E-state index contributed by atoms with van der Waals surface area (Å²) in [5.41, 5.74) is 2.07. The van der Waals surface area contributed by atoms with Gasteiger partial charge in [-0.15, -0.1) is 0 Å². The zero-order chi connectivity index (χ0) is 6.83. The summed E-state index contributed by atoms with van der Waals surface area (Å²) in [6.45, 7) is 6.80. The maximum absolute atomic E-state index is 7.95. The van der Waals surface area contributed by atoms with E-state index in [2.05, 4.69) is 12.4 Å². The van der Waals surface area contributed by atoms with E-state index in [1.54, 1.807) is 0 Å². The van der Waals surface area contributed by atoms with E-state index in [1.807, 2.05) is 13.8 Å². The molecule has 0 atom stereocenters. The van der Waals surface area contributed by atoms with Gasteiger partial charge in [0.15, 0.2) is 0 Å². The van der Waals surface area contributed by atoms with Crippen LogP contribution < -0.4 is 5.48 Å². The van der Waals surface area contributed by atoms with Crippen LogP contribution in [0.4, 0.5) is 0 Å². The molecule has 0 unspecified atom stereocenters. The average Bonchev–Trinajstić information content (AvgIpc) is 1.88. The van der Waals surface area contributed by atoms with E-state index in [1.165, 1.54) is 0 Å². The molecule has 0 aromatic rings. The molecule has 0 fully saturated rings. The van der Waals surface area contributed by atoms with Gasteiger partial charge in [-0.05, 0) is 6.42 Å². The summed E-state index contributed by atoms with van der Waals surface area (Å²) < 4.78 is 0. The highest BCUT2D eigenvalue weighted by molar-refractivity contribution is 4.30. The smallest absolute Gasteiger partial charge is 0.0207 e. The minimum atomic E-state index is 0.719. The Morgan fingerprint density at radius 1 is 1.38 bits per heavy atom. The highest BCUT2D eigenvalue weighted by Crippen LogP contribution is 1.79. The van der Waals surface area contributed by atoms with Crippen molar-refractivity contribution in [3.63, 3.8) is 0 Å². The number of rotatable bonds is 3. The van der Waals surface area contributed by atoms with Crippen molar-refractivity contribution >= 4 is 0 Å². The van der Waals surface area contributed by atoms with Gasteiger partial charge >= 0.3 is 0 Å². The molecule has 0 heterocycles. The Hall–Kier alpha value is -0.0800. The number of hydrogen-bond donors (Lipinski definition) is 2. The van der Waals surface area contributed by atoms with Gasteiger partial charge in [0.1, 0.15) is 0 Å². The third kappa shape index (κ3) is 16.8. The molecule has 8 heavy (non-hydrogen) atoms. The molecule has 0 aliphatic carbocycles. The maximum Gasteiger partial charge on any atom is 0.0207 e. The van der Waals surface area contributed by atoms with Crippen LogP contribution in [0.5, 0.6) is 0 Å². The first-order chi connectivity index (χ1) is 3.91. The molecular weight excluding hydrogens is 102 g/mol. The van der Waals surface area contributed by atoms with E-state index in [4.69, 9.17) is 5.21 Å². The second-order valence-corrected chi connectivity index (χ2v) is 1.26. The molecule has 2 heteroatoms. The van der Waals surface area contributed by atoms with Crippen LogP contribution in [0.15, 0.2) is 0 Å². The van der Waals surface area contributed by atoms with Crippen LogP contribution in [0.2, 0.25) is 0 Å². The van der Waals surface area contributed by atoms with Crippen LogP contribution >= 0.6 is 0 Å². The molecule has 0 aromatic carbocycles. The summed E-state index contributed by atoms with van der Waals surface area (Å²) >= 11 is 0. The standard InChI is InChI=1S/C4H11NO.C2H6/c1-2-3-4-5-6;1-2/h5-6H,2-4H2,1H3;1-2H3. The molecule has 0 aromatic heterocycles. The summed E-state index contributed by atoms with van der Waals surface area (Å²) in [5, 5.41) is 7.95. The van der Waals surface area contributed by atoms with Gasteiger partial charge in [-0.2, -0.15) is 0 Å². The summed E-state index contributed by atoms with van der Waals surface area (Å²) in [7, 11) is 0. The highest BCUT2D eigenvalue weighted by Gasteiger charge is 1.74. The summed E-state index contributed by atoms with van der Waals surface area (Å²) in [5.74, 6) is 0. The van der Waals surface area contributed by atoms with Crippen molar-refractivity contribution in [2.75, 3.05) is 6.54 Å². The Balaban J connectivity index is 0. The predicted octanol–water partition coefficient (Wildman–Crippen LogP) is 1.79. The Kier molecular flexibility index (Phi) is 21.3. The fourth-order valence-corrected chi connectivity index (χ4v) is 0.256. The van der Waals surface area contributed by atoms with E-state index < -0.39 is 0 Å². The number of unbranched alkanes of at least 4 members (excludes halogenated alkanes) is 1. The Morgan fingerprint density at radius 3 is 2.00 bits per heavy atom. The summed E-state index contributed by atoms with van der Waals surface area (Å²) in [4.78, 5) is 0. The predicted molar refractivity (Wildman–Crippen MR) is 36.0 cm³/mol. The molecule has 0 amide bonds. The average molecular weight is 119 g/mol. The normalized spacial score (nSPS) is 7.50. The topological polar surface area (TPSA) is 32.3 Å². The maximum atomic E-state index is 7.95. The van der Waals surface area contributed by atoms with Gasteiger partial charge in [0.05, 0.1) is 0 Å². The lowest BCUT2D eigenvalue weighted by Gasteiger charge is -1.88. The first-order valence-electron chi connectivity index (χ1n) is 3.28. The Morgan fingerprint density at radius 2 is 1.88 bits per heavy atom. The molecule has 0 saturated heterocycles. The van der Waals surface area contributed by atoms with Gasteiger partial charge in [-0.25, -0.2) is 5.48 Å². The van der Waals surface area contributed by atoms with Crippen LogP contribution in [0.1, 0.15) is 33.6 Å². The van der Waals surface area contributed by atoms with Crippen molar-refractivity contribution in [1.29, 1.82) is 0 Å². The van der Waals surface area contributed by atoms with Crippen molar-refractivity contribution in [3.05, 3.63) is 0 Å². The van der Waals surface area contributed by atoms with Crippen LogP contribution in [-0.4, -0.2) is 11.8 Å². The van der Waals surface area contributed by atoms with Gasteiger partial charge in [-0.1, -0.05) is 27.2 Å². The van der Waals surface area contributed by atoms with Crippen molar-refractivity contribution in [2.45, 2.75) is 33.6 Å². The minimum Gasteiger partial charge on any atom is -0.317 e. The zero-order valence-corrected chi connectivity index (χ0v) is 6.07. The molecule has 0 radical (unpaired) electrons. The Labute approximate surface area is 51.9 Å². The largest absolute Gasteiger partial charge is 0.317 e. The van der Waals surface area contributed by atoms with E-state index in [9.17, 15) is 0 Å². The zero-order valence-electron chi connectivity index (χ0n) is 6.07. The molecule has 0 bridgehead atoms. The minimum absolute atomic E-state index is 0.719. The fraction of sp³-hybridized carbons (Fsp3) is 1.00. The molecule has 2 nitrogen and oxygen atoms in total. The van der Waals surface area contributed by atoms with Crippen molar-refractivity contribution in [1.82, 2.24) is 5.48 Å². The van der Waals surface area contributed by atoms with E-state index >= 15 is 0 Å². The number of hydrogen-bond acceptors (Lipinski definition) is 2. The lowest BCUT2D eigenvalue weighted by molar-refractivity contribution is 0.165. The number of hydroxylamine groups is 1. The highest BCUT2D eigenvalue weighted by atomic mass is 16.5. The summed E-state index contributed by atoms with van der Waals surface area (Å²) in [6, 6.07) is 0.